The van der Waals surface area contributed by atoms with Gasteiger partial charge in [-0.2, -0.15) is 0 Å². The standard InChI is InChI=1S/C13H25N3O2/c14-12(18)16-7-3-11(4-8-16)15-9-13(10-17)5-1-2-6-13/h11,15,17H,1-10H2,(H2,14,18). The van der Waals surface area contributed by atoms with Crippen molar-refractivity contribution in [1.82, 2.24) is 10.2 Å². The van der Waals surface area contributed by atoms with E-state index < -0.39 is 0 Å². The molecule has 1 aliphatic heterocycles. The lowest BCUT2D eigenvalue weighted by Crippen LogP contribution is -2.49. The van der Waals surface area contributed by atoms with Crippen molar-refractivity contribution in [2.75, 3.05) is 26.2 Å². The fourth-order valence-electron chi connectivity index (χ4n) is 3.18. The first-order valence-corrected chi connectivity index (χ1v) is 7.04. The fourth-order valence-corrected chi connectivity index (χ4v) is 3.18. The number of amides is 2. The fraction of sp³-hybridized carbons (Fsp3) is 0.923. The van der Waals surface area contributed by atoms with Gasteiger partial charge in [-0.25, -0.2) is 4.79 Å². The van der Waals surface area contributed by atoms with Crippen molar-refractivity contribution < 1.29 is 9.90 Å². The molecule has 2 amide bonds. The second kappa shape index (κ2) is 5.89. The van der Waals surface area contributed by atoms with Crippen LogP contribution in [0.2, 0.25) is 0 Å². The summed E-state index contributed by atoms with van der Waals surface area (Å²) in [5.74, 6) is 0. The minimum absolute atomic E-state index is 0.112. The molecule has 0 aromatic heterocycles. The molecule has 2 aliphatic rings. The number of carbonyl (C=O) groups excluding carboxylic acids is 1. The molecule has 5 nitrogen and oxygen atoms in total. The molecule has 1 aliphatic carbocycles. The average molecular weight is 255 g/mol. The number of urea groups is 1. The van der Waals surface area contributed by atoms with Crippen LogP contribution in [-0.4, -0.2) is 48.3 Å². The summed E-state index contributed by atoms with van der Waals surface area (Å²) in [6, 6.07) is 0.153. The molecular formula is C13H25N3O2. The summed E-state index contributed by atoms with van der Waals surface area (Å²) in [6.07, 6.45) is 6.67. The lowest BCUT2D eigenvalue weighted by atomic mass is 9.86. The van der Waals surface area contributed by atoms with E-state index >= 15 is 0 Å². The molecule has 0 spiro atoms. The summed E-state index contributed by atoms with van der Waals surface area (Å²) >= 11 is 0. The third-order valence-corrected chi connectivity index (χ3v) is 4.57. The summed E-state index contributed by atoms with van der Waals surface area (Å²) in [4.78, 5) is 12.7. The maximum atomic E-state index is 11.0. The van der Waals surface area contributed by atoms with Gasteiger partial charge in [-0.05, 0) is 25.7 Å². The van der Waals surface area contributed by atoms with Gasteiger partial charge in [0.25, 0.3) is 0 Å². The minimum Gasteiger partial charge on any atom is -0.396 e. The highest BCUT2D eigenvalue weighted by Crippen LogP contribution is 2.37. The van der Waals surface area contributed by atoms with Gasteiger partial charge in [0.05, 0.1) is 0 Å². The van der Waals surface area contributed by atoms with E-state index in [0.717, 1.165) is 45.3 Å². The van der Waals surface area contributed by atoms with Crippen LogP contribution in [0.5, 0.6) is 0 Å². The maximum Gasteiger partial charge on any atom is 0.314 e. The van der Waals surface area contributed by atoms with Crippen LogP contribution in [0.3, 0.4) is 0 Å². The Bertz CT molecular complexity index is 282. The van der Waals surface area contributed by atoms with Gasteiger partial charge in [-0.15, -0.1) is 0 Å². The number of nitrogens with two attached hydrogens (primary N) is 1. The second-order valence-electron chi connectivity index (χ2n) is 5.85. The van der Waals surface area contributed by atoms with Gasteiger partial charge in [0, 0.05) is 37.7 Å². The number of nitrogens with one attached hydrogen (secondary N) is 1. The zero-order chi connectivity index (χ0) is 13.0. The molecule has 0 radical (unpaired) electrons. The highest BCUT2D eigenvalue weighted by Gasteiger charge is 2.33. The average Bonchev–Trinajstić information content (AvgIpc) is 2.86. The lowest BCUT2D eigenvalue weighted by Gasteiger charge is -2.34. The van der Waals surface area contributed by atoms with Crippen molar-refractivity contribution in [3.8, 4) is 0 Å². The molecule has 1 saturated heterocycles. The zero-order valence-electron chi connectivity index (χ0n) is 11.0. The van der Waals surface area contributed by atoms with Crippen LogP contribution < -0.4 is 11.1 Å². The number of carbonyl (C=O) groups is 1. The molecule has 5 heteroatoms. The molecule has 1 saturated carbocycles. The van der Waals surface area contributed by atoms with Crippen LogP contribution in [0, 0.1) is 5.41 Å². The molecule has 2 rings (SSSR count). The van der Waals surface area contributed by atoms with Gasteiger partial charge < -0.3 is 21.1 Å². The number of aliphatic hydroxyl groups is 1. The second-order valence-corrected chi connectivity index (χ2v) is 5.85. The van der Waals surface area contributed by atoms with Crippen molar-refractivity contribution in [3.63, 3.8) is 0 Å². The predicted octanol–water partition coefficient (Wildman–Crippen LogP) is 0.672. The smallest absolute Gasteiger partial charge is 0.314 e. The summed E-state index contributed by atoms with van der Waals surface area (Å²) in [6.45, 7) is 2.70. The van der Waals surface area contributed by atoms with E-state index in [4.69, 9.17) is 5.73 Å². The van der Waals surface area contributed by atoms with Crippen molar-refractivity contribution in [3.05, 3.63) is 0 Å². The summed E-state index contributed by atoms with van der Waals surface area (Å²) in [7, 11) is 0. The molecular weight excluding hydrogens is 230 g/mol. The molecule has 0 bridgehead atoms. The Hall–Kier alpha value is -0.810. The van der Waals surface area contributed by atoms with Gasteiger partial charge in [0.15, 0.2) is 0 Å². The van der Waals surface area contributed by atoms with Gasteiger partial charge in [0.1, 0.15) is 0 Å². The lowest BCUT2D eigenvalue weighted by molar-refractivity contribution is 0.118. The Kier molecular flexibility index (Phi) is 4.45. The van der Waals surface area contributed by atoms with E-state index in [1.807, 2.05) is 0 Å². The third kappa shape index (κ3) is 3.14. The molecule has 2 fully saturated rings. The Morgan fingerprint density at radius 2 is 1.94 bits per heavy atom. The molecule has 1 heterocycles. The van der Waals surface area contributed by atoms with E-state index in [0.29, 0.717) is 12.6 Å². The van der Waals surface area contributed by atoms with Crippen LogP contribution in [0.4, 0.5) is 4.79 Å². The van der Waals surface area contributed by atoms with Gasteiger partial charge in [-0.3, -0.25) is 0 Å². The van der Waals surface area contributed by atoms with Crippen molar-refractivity contribution in [2.24, 2.45) is 11.1 Å². The molecule has 0 atom stereocenters. The first kappa shape index (κ1) is 13.6. The van der Waals surface area contributed by atoms with Crippen molar-refractivity contribution >= 4 is 6.03 Å². The normalized spacial score (nSPS) is 24.4. The van der Waals surface area contributed by atoms with Crippen molar-refractivity contribution in [1.29, 1.82) is 0 Å². The Balaban J connectivity index is 1.73. The Morgan fingerprint density at radius 3 is 2.44 bits per heavy atom. The summed E-state index contributed by atoms with van der Waals surface area (Å²) < 4.78 is 0. The SMILES string of the molecule is NC(=O)N1CCC(NCC2(CO)CCCC2)CC1. The van der Waals surface area contributed by atoms with Gasteiger partial charge in [-0.1, -0.05) is 12.8 Å². The van der Waals surface area contributed by atoms with Crippen molar-refractivity contribution in [2.45, 2.75) is 44.6 Å². The van der Waals surface area contributed by atoms with Crippen LogP contribution in [0.25, 0.3) is 0 Å². The molecule has 4 N–H and O–H groups in total. The molecule has 0 aromatic rings. The number of hydrogen-bond donors (Lipinski definition) is 3. The monoisotopic (exact) mass is 255 g/mol. The third-order valence-electron chi connectivity index (χ3n) is 4.57. The summed E-state index contributed by atoms with van der Waals surface area (Å²) in [5, 5.41) is 13.1. The number of rotatable bonds is 4. The number of likely N-dealkylation sites (tertiary alicyclic amines) is 1. The highest BCUT2D eigenvalue weighted by atomic mass is 16.3. The number of piperidine rings is 1. The van der Waals surface area contributed by atoms with E-state index in [9.17, 15) is 9.90 Å². The quantitative estimate of drug-likeness (QED) is 0.691. The van der Waals surface area contributed by atoms with E-state index in [-0.39, 0.29) is 11.4 Å². The number of nitrogens with zero attached hydrogens (tertiary/aromatic N) is 1. The molecule has 18 heavy (non-hydrogen) atoms. The van der Waals surface area contributed by atoms with E-state index in [1.165, 1.54) is 12.8 Å². The molecule has 0 aromatic carbocycles. The van der Waals surface area contributed by atoms with E-state index in [1.54, 1.807) is 4.90 Å². The number of hydrogen-bond acceptors (Lipinski definition) is 3. The number of aliphatic hydroxyl groups excluding tert-OH is 1. The summed E-state index contributed by atoms with van der Waals surface area (Å²) in [5.41, 5.74) is 5.37. The predicted molar refractivity (Wildman–Crippen MR) is 70.2 cm³/mol. The minimum atomic E-state index is -0.309. The topological polar surface area (TPSA) is 78.6 Å². The highest BCUT2D eigenvalue weighted by molar-refractivity contribution is 5.72. The zero-order valence-corrected chi connectivity index (χ0v) is 11.0. The maximum absolute atomic E-state index is 11.0. The number of primary amides is 1. The van der Waals surface area contributed by atoms with Crippen LogP contribution in [-0.2, 0) is 0 Å². The Labute approximate surface area is 109 Å². The largest absolute Gasteiger partial charge is 0.396 e. The first-order valence-electron chi connectivity index (χ1n) is 7.04. The van der Waals surface area contributed by atoms with E-state index in [2.05, 4.69) is 5.32 Å². The van der Waals surface area contributed by atoms with Gasteiger partial charge in [0.2, 0.25) is 0 Å². The Morgan fingerprint density at radius 1 is 1.33 bits per heavy atom. The van der Waals surface area contributed by atoms with Crippen LogP contribution in [0.1, 0.15) is 38.5 Å². The first-order chi connectivity index (χ1) is 8.65. The van der Waals surface area contributed by atoms with Crippen LogP contribution in [0.15, 0.2) is 0 Å². The van der Waals surface area contributed by atoms with Crippen LogP contribution >= 0.6 is 0 Å². The van der Waals surface area contributed by atoms with Gasteiger partial charge >= 0.3 is 6.03 Å². The molecule has 104 valence electrons. The molecule has 0 unspecified atom stereocenters.